The maximum absolute atomic E-state index is 12.0. The van der Waals surface area contributed by atoms with E-state index in [1.54, 1.807) is 25.1 Å². The molecule has 0 aromatic heterocycles. The predicted molar refractivity (Wildman–Crippen MR) is 99.4 cm³/mol. The molecule has 0 unspecified atom stereocenters. The quantitative estimate of drug-likeness (QED) is 0.581. The van der Waals surface area contributed by atoms with Crippen LogP contribution in [0, 0.1) is 0 Å². The van der Waals surface area contributed by atoms with E-state index in [1.165, 1.54) is 18.9 Å². The lowest BCUT2D eigenvalue weighted by molar-refractivity contribution is -0.146. The van der Waals surface area contributed by atoms with E-state index in [0.717, 1.165) is 4.90 Å². The van der Waals surface area contributed by atoms with Crippen LogP contribution in [-0.2, 0) is 14.3 Å². The summed E-state index contributed by atoms with van der Waals surface area (Å²) in [6.07, 6.45) is 0. The van der Waals surface area contributed by atoms with Crippen molar-refractivity contribution in [2.75, 3.05) is 19.0 Å². The monoisotopic (exact) mass is 379 g/mol. The second-order valence-electron chi connectivity index (χ2n) is 5.07. The summed E-state index contributed by atoms with van der Waals surface area (Å²) in [7, 11) is 1.49. The van der Waals surface area contributed by atoms with Crippen molar-refractivity contribution in [3.63, 3.8) is 0 Å². The normalized spacial score (nSPS) is 11.5. The number of amides is 1. The van der Waals surface area contributed by atoms with Crippen LogP contribution in [0.3, 0.4) is 0 Å². The Morgan fingerprint density at radius 3 is 2.60 bits per heavy atom. The van der Waals surface area contributed by atoms with Crippen molar-refractivity contribution in [2.45, 2.75) is 17.1 Å². The van der Waals surface area contributed by atoms with Gasteiger partial charge in [-0.3, -0.25) is 9.59 Å². The van der Waals surface area contributed by atoms with Gasteiger partial charge in [0.1, 0.15) is 11.0 Å². The summed E-state index contributed by atoms with van der Waals surface area (Å²) in [5.41, 5.74) is 0.419. The van der Waals surface area contributed by atoms with Gasteiger partial charge in [0.25, 0.3) is 5.91 Å². The number of nitrogens with one attached hydrogen (secondary N) is 1. The molecule has 1 atom stereocenters. The third-order valence-electron chi connectivity index (χ3n) is 3.17. The maximum Gasteiger partial charge on any atom is 0.319 e. The summed E-state index contributed by atoms with van der Waals surface area (Å²) < 4.78 is 10.2. The minimum absolute atomic E-state index is 0.381. The first-order valence-corrected chi connectivity index (χ1v) is 8.77. The number of hydrogen-bond acceptors (Lipinski definition) is 5. The highest BCUT2D eigenvalue weighted by Gasteiger charge is 2.18. The first-order chi connectivity index (χ1) is 12.0. The molecule has 7 heteroatoms. The Morgan fingerprint density at radius 1 is 1.20 bits per heavy atom. The molecule has 0 heterocycles. The van der Waals surface area contributed by atoms with Crippen LogP contribution in [0.5, 0.6) is 5.75 Å². The Labute approximate surface area is 155 Å². The Kier molecular flexibility index (Phi) is 7.16. The molecule has 132 valence electrons. The number of anilines is 1. The fraction of sp³-hybridized carbons (Fsp3) is 0.222. The van der Waals surface area contributed by atoms with Crippen LogP contribution in [0.25, 0.3) is 0 Å². The highest BCUT2D eigenvalue weighted by Crippen LogP contribution is 2.27. The minimum Gasteiger partial charge on any atom is -0.495 e. The average Bonchev–Trinajstić information content (AvgIpc) is 2.60. The van der Waals surface area contributed by atoms with Crippen molar-refractivity contribution >= 4 is 40.9 Å². The molecule has 2 aromatic carbocycles. The number of halogens is 1. The van der Waals surface area contributed by atoms with Gasteiger partial charge < -0.3 is 14.8 Å². The molecule has 0 bridgehead atoms. The number of hydrogen-bond donors (Lipinski definition) is 1. The number of carbonyl (C=O) groups is 2. The van der Waals surface area contributed by atoms with Gasteiger partial charge in [0.15, 0.2) is 6.61 Å². The molecule has 1 amide bonds. The van der Waals surface area contributed by atoms with Crippen molar-refractivity contribution in [3.05, 3.63) is 53.6 Å². The molecule has 25 heavy (non-hydrogen) atoms. The average molecular weight is 380 g/mol. The molecule has 0 saturated carbocycles. The molecule has 0 saturated heterocycles. The molecule has 1 N–H and O–H groups in total. The lowest BCUT2D eigenvalue weighted by atomic mass is 10.3. The number of thioether (sulfide) groups is 1. The maximum atomic E-state index is 12.0. The fourth-order valence-electron chi connectivity index (χ4n) is 1.97. The smallest absolute Gasteiger partial charge is 0.319 e. The van der Waals surface area contributed by atoms with E-state index in [2.05, 4.69) is 5.32 Å². The molecule has 0 aliphatic heterocycles. The van der Waals surface area contributed by atoms with E-state index >= 15 is 0 Å². The van der Waals surface area contributed by atoms with E-state index in [9.17, 15) is 9.59 Å². The number of benzene rings is 2. The number of carbonyl (C=O) groups excluding carboxylic acids is 2. The fourth-order valence-corrected chi connectivity index (χ4v) is 3.03. The summed E-state index contributed by atoms with van der Waals surface area (Å²) in [5, 5.41) is 2.65. The van der Waals surface area contributed by atoms with Crippen LogP contribution in [-0.4, -0.2) is 30.8 Å². The summed E-state index contributed by atoms with van der Waals surface area (Å²) >= 11 is 7.28. The van der Waals surface area contributed by atoms with Gasteiger partial charge in [0.2, 0.25) is 0 Å². The molecule has 0 aliphatic rings. The number of esters is 1. The molecular formula is C18H18ClNO4S. The van der Waals surface area contributed by atoms with Crippen LogP contribution < -0.4 is 10.1 Å². The molecular weight excluding hydrogens is 362 g/mol. The Balaban J connectivity index is 1.85. The summed E-state index contributed by atoms with van der Waals surface area (Å²) in [6.45, 7) is 1.35. The van der Waals surface area contributed by atoms with Crippen molar-refractivity contribution in [1.82, 2.24) is 0 Å². The van der Waals surface area contributed by atoms with Crippen LogP contribution in [0.15, 0.2) is 53.4 Å². The van der Waals surface area contributed by atoms with Crippen LogP contribution in [0.2, 0.25) is 5.02 Å². The highest BCUT2D eigenvalue weighted by atomic mass is 35.5. The van der Waals surface area contributed by atoms with Gasteiger partial charge in [0.05, 0.1) is 12.8 Å². The van der Waals surface area contributed by atoms with Crippen molar-refractivity contribution < 1.29 is 19.1 Å². The van der Waals surface area contributed by atoms with E-state index in [1.807, 2.05) is 30.3 Å². The largest absolute Gasteiger partial charge is 0.495 e. The first-order valence-electron chi connectivity index (χ1n) is 7.51. The number of methoxy groups -OCH3 is 1. The van der Waals surface area contributed by atoms with Gasteiger partial charge in [-0.1, -0.05) is 29.8 Å². The van der Waals surface area contributed by atoms with Crippen molar-refractivity contribution in [3.8, 4) is 5.75 Å². The third kappa shape index (κ3) is 5.99. The molecule has 0 aliphatic carbocycles. The zero-order valence-electron chi connectivity index (χ0n) is 13.8. The Bertz CT molecular complexity index is 739. The molecule has 2 aromatic rings. The molecule has 5 nitrogen and oxygen atoms in total. The number of rotatable bonds is 7. The summed E-state index contributed by atoms with van der Waals surface area (Å²) in [4.78, 5) is 25.0. The number of ether oxygens (including phenoxy) is 2. The second-order valence-corrected chi connectivity index (χ2v) is 6.92. The first kappa shape index (κ1) is 19.1. The van der Waals surface area contributed by atoms with Gasteiger partial charge in [-0.05, 0) is 37.3 Å². The zero-order valence-corrected chi connectivity index (χ0v) is 15.4. The third-order valence-corrected chi connectivity index (χ3v) is 4.49. The van der Waals surface area contributed by atoms with Gasteiger partial charge in [-0.25, -0.2) is 0 Å². The Morgan fingerprint density at radius 2 is 1.92 bits per heavy atom. The van der Waals surface area contributed by atoms with Gasteiger partial charge >= 0.3 is 5.97 Å². The summed E-state index contributed by atoms with van der Waals surface area (Å²) in [6, 6.07) is 14.4. The highest BCUT2D eigenvalue weighted by molar-refractivity contribution is 8.00. The lowest BCUT2D eigenvalue weighted by Gasteiger charge is -2.13. The van der Waals surface area contributed by atoms with E-state index < -0.39 is 17.1 Å². The Hall–Kier alpha value is -2.18. The SMILES string of the molecule is COc1ccc(Cl)cc1NC(=O)COC(=O)[C@H](C)Sc1ccccc1. The molecule has 0 fully saturated rings. The van der Waals surface area contributed by atoms with E-state index in [-0.39, 0.29) is 6.61 Å². The van der Waals surface area contributed by atoms with Crippen molar-refractivity contribution in [1.29, 1.82) is 0 Å². The van der Waals surface area contributed by atoms with Crippen LogP contribution >= 0.6 is 23.4 Å². The minimum atomic E-state index is -0.467. The van der Waals surface area contributed by atoms with Crippen molar-refractivity contribution in [2.24, 2.45) is 0 Å². The standard InChI is InChI=1S/C18H18ClNO4S/c1-12(25-14-6-4-3-5-7-14)18(22)24-11-17(21)20-15-10-13(19)8-9-16(15)23-2/h3-10,12H,11H2,1-2H3,(H,20,21)/t12-/m0/s1. The molecule has 2 rings (SSSR count). The zero-order chi connectivity index (χ0) is 18.2. The van der Waals surface area contributed by atoms with E-state index in [0.29, 0.717) is 16.5 Å². The topological polar surface area (TPSA) is 64.6 Å². The van der Waals surface area contributed by atoms with Gasteiger partial charge in [-0.15, -0.1) is 11.8 Å². The molecule has 0 radical (unpaired) electrons. The van der Waals surface area contributed by atoms with Gasteiger partial charge in [-0.2, -0.15) is 0 Å². The van der Waals surface area contributed by atoms with Gasteiger partial charge in [0, 0.05) is 9.92 Å². The predicted octanol–water partition coefficient (Wildman–Crippen LogP) is 4.01. The van der Waals surface area contributed by atoms with Crippen LogP contribution in [0.4, 0.5) is 5.69 Å². The van der Waals surface area contributed by atoms with Crippen LogP contribution in [0.1, 0.15) is 6.92 Å². The lowest BCUT2D eigenvalue weighted by Crippen LogP contribution is -2.25. The summed E-state index contributed by atoms with van der Waals surface area (Å²) in [5.74, 6) is -0.454. The van der Waals surface area contributed by atoms with E-state index in [4.69, 9.17) is 21.1 Å². The second kappa shape index (κ2) is 9.34. The molecule has 0 spiro atoms.